The topological polar surface area (TPSA) is 35.5 Å². The molecular formula is C9H4Cl6O3. The van der Waals surface area contributed by atoms with Crippen LogP contribution in [0.15, 0.2) is 0 Å². The Morgan fingerprint density at radius 3 is 1.78 bits per heavy atom. The van der Waals surface area contributed by atoms with E-state index >= 15 is 0 Å². The van der Waals surface area contributed by atoms with Crippen molar-refractivity contribution in [3.05, 3.63) is 25.1 Å². The van der Waals surface area contributed by atoms with E-state index in [2.05, 4.69) is 4.74 Å². The van der Waals surface area contributed by atoms with Crippen molar-refractivity contribution in [2.24, 2.45) is 0 Å². The molecule has 0 aliphatic heterocycles. The van der Waals surface area contributed by atoms with Gasteiger partial charge in [0.15, 0.2) is 5.75 Å². The van der Waals surface area contributed by atoms with E-state index in [9.17, 15) is 4.79 Å². The van der Waals surface area contributed by atoms with Gasteiger partial charge >= 0.3 is 6.16 Å². The number of ether oxygens (including phenoxy) is 2. The van der Waals surface area contributed by atoms with Gasteiger partial charge in [-0.1, -0.05) is 58.0 Å². The molecule has 0 amide bonds. The zero-order valence-electron chi connectivity index (χ0n) is 8.41. The minimum absolute atomic E-state index is 0.0231. The van der Waals surface area contributed by atoms with Crippen LogP contribution < -0.4 is 4.74 Å². The quantitative estimate of drug-likeness (QED) is 0.224. The van der Waals surface area contributed by atoms with Crippen LogP contribution in [-0.4, -0.2) is 18.6 Å². The average molecular weight is 373 g/mol. The summed E-state index contributed by atoms with van der Waals surface area (Å²) in [6.07, 6.45) is -1.03. The highest BCUT2D eigenvalue weighted by Gasteiger charge is 2.23. The number of alkyl halides is 1. The molecule has 0 unspecified atom stereocenters. The predicted octanol–water partition coefficient (Wildman–Crippen LogP) is 5.71. The van der Waals surface area contributed by atoms with Crippen molar-refractivity contribution >= 4 is 75.8 Å². The molecule has 0 radical (unpaired) electrons. The van der Waals surface area contributed by atoms with Crippen molar-refractivity contribution in [1.29, 1.82) is 0 Å². The molecule has 0 bridgehead atoms. The number of hydrogen-bond donors (Lipinski definition) is 0. The third kappa shape index (κ3) is 3.62. The average Bonchev–Trinajstić information content (AvgIpc) is 2.36. The maximum absolute atomic E-state index is 11.2. The lowest BCUT2D eigenvalue weighted by Crippen LogP contribution is -2.12. The molecular weight excluding hydrogens is 369 g/mol. The van der Waals surface area contributed by atoms with Gasteiger partial charge in [-0.3, -0.25) is 0 Å². The summed E-state index contributed by atoms with van der Waals surface area (Å²) in [5.74, 6) is -0.101. The molecule has 1 aromatic rings. The van der Waals surface area contributed by atoms with Gasteiger partial charge in [0.05, 0.1) is 20.9 Å². The summed E-state index contributed by atoms with van der Waals surface area (Å²) in [7, 11) is 0. The Balaban J connectivity index is 3.06. The minimum Gasteiger partial charge on any atom is -0.433 e. The molecule has 0 N–H and O–H groups in total. The first kappa shape index (κ1) is 16.3. The lowest BCUT2D eigenvalue weighted by molar-refractivity contribution is 0.105. The fraction of sp³-hybridized carbons (Fsp3) is 0.222. The molecule has 0 aromatic heterocycles. The van der Waals surface area contributed by atoms with Crippen molar-refractivity contribution in [3.63, 3.8) is 0 Å². The molecule has 9 heteroatoms. The van der Waals surface area contributed by atoms with Crippen LogP contribution in [0.2, 0.25) is 25.1 Å². The fourth-order valence-corrected chi connectivity index (χ4v) is 2.18. The van der Waals surface area contributed by atoms with Crippen LogP contribution in [0.4, 0.5) is 4.79 Å². The van der Waals surface area contributed by atoms with Gasteiger partial charge in [-0.2, -0.15) is 0 Å². The number of halogens is 6. The summed E-state index contributed by atoms with van der Waals surface area (Å²) >= 11 is 34.3. The van der Waals surface area contributed by atoms with Gasteiger partial charge in [-0.15, -0.1) is 11.6 Å². The number of rotatable bonds is 3. The van der Waals surface area contributed by atoms with Gasteiger partial charge in [0, 0.05) is 0 Å². The van der Waals surface area contributed by atoms with Gasteiger partial charge in [-0.05, 0) is 0 Å². The summed E-state index contributed by atoms with van der Waals surface area (Å²) in [6, 6.07) is 0. The first-order chi connectivity index (χ1) is 8.40. The number of benzene rings is 1. The van der Waals surface area contributed by atoms with Crippen molar-refractivity contribution in [2.45, 2.75) is 0 Å². The Labute approximate surface area is 133 Å². The van der Waals surface area contributed by atoms with E-state index < -0.39 is 6.16 Å². The van der Waals surface area contributed by atoms with Crippen molar-refractivity contribution in [1.82, 2.24) is 0 Å². The molecule has 0 heterocycles. The van der Waals surface area contributed by atoms with E-state index in [0.29, 0.717) is 0 Å². The zero-order chi connectivity index (χ0) is 13.9. The van der Waals surface area contributed by atoms with Gasteiger partial charge in [0.25, 0.3) is 0 Å². The second-order valence-electron chi connectivity index (χ2n) is 2.79. The summed E-state index contributed by atoms with van der Waals surface area (Å²) in [6.45, 7) is -0.0231. The standard InChI is InChI=1S/C9H4Cl6O3/c10-1-2-17-9(16)18-8-6(14)4(12)3(11)5(13)7(8)15/h1-2H2. The lowest BCUT2D eigenvalue weighted by atomic mass is 10.3. The van der Waals surface area contributed by atoms with Crippen molar-refractivity contribution < 1.29 is 14.3 Å². The molecule has 0 saturated carbocycles. The molecule has 0 saturated heterocycles. The summed E-state index contributed by atoms with van der Waals surface area (Å²) < 4.78 is 9.37. The van der Waals surface area contributed by atoms with E-state index in [0.717, 1.165) is 0 Å². The highest BCUT2D eigenvalue weighted by molar-refractivity contribution is 6.55. The highest BCUT2D eigenvalue weighted by Crippen LogP contribution is 2.48. The van der Waals surface area contributed by atoms with E-state index in [1.165, 1.54) is 0 Å². The van der Waals surface area contributed by atoms with Gasteiger partial charge in [-0.25, -0.2) is 4.79 Å². The smallest absolute Gasteiger partial charge is 0.433 e. The Morgan fingerprint density at radius 2 is 1.33 bits per heavy atom. The van der Waals surface area contributed by atoms with Crippen molar-refractivity contribution in [2.75, 3.05) is 12.5 Å². The third-order valence-electron chi connectivity index (χ3n) is 1.65. The Hall–Kier alpha value is 0.230. The van der Waals surface area contributed by atoms with E-state index in [1.807, 2.05) is 0 Å². The minimum atomic E-state index is -1.03. The van der Waals surface area contributed by atoms with Crippen LogP contribution in [0.1, 0.15) is 0 Å². The first-order valence-electron chi connectivity index (χ1n) is 4.32. The largest absolute Gasteiger partial charge is 0.513 e. The highest BCUT2D eigenvalue weighted by atomic mass is 35.5. The summed E-state index contributed by atoms with van der Waals surface area (Å²) in [5.41, 5.74) is 0. The first-order valence-corrected chi connectivity index (χ1v) is 6.74. The van der Waals surface area contributed by atoms with Crippen LogP contribution >= 0.6 is 69.6 Å². The summed E-state index contributed by atoms with van der Waals surface area (Å²) in [4.78, 5) is 11.2. The molecule has 0 fully saturated rings. The van der Waals surface area contributed by atoms with Crippen LogP contribution in [0.25, 0.3) is 0 Å². The van der Waals surface area contributed by atoms with Crippen LogP contribution in [0.5, 0.6) is 5.75 Å². The zero-order valence-corrected chi connectivity index (χ0v) is 12.9. The monoisotopic (exact) mass is 370 g/mol. The molecule has 1 rings (SSSR count). The molecule has 0 atom stereocenters. The molecule has 100 valence electrons. The molecule has 0 spiro atoms. The second kappa shape index (κ2) is 7.13. The predicted molar refractivity (Wildman–Crippen MR) is 74.2 cm³/mol. The lowest BCUT2D eigenvalue weighted by Gasteiger charge is -2.12. The maximum atomic E-state index is 11.2. The molecule has 1 aromatic carbocycles. The van der Waals surface area contributed by atoms with Gasteiger partial charge in [0.2, 0.25) is 0 Å². The maximum Gasteiger partial charge on any atom is 0.513 e. The number of hydrogen-bond acceptors (Lipinski definition) is 3. The molecule has 0 aliphatic rings. The SMILES string of the molecule is O=C(OCCCl)Oc1c(Cl)c(Cl)c(Cl)c(Cl)c1Cl. The van der Waals surface area contributed by atoms with Gasteiger partial charge < -0.3 is 9.47 Å². The second-order valence-corrected chi connectivity index (χ2v) is 5.06. The normalized spacial score (nSPS) is 10.3. The van der Waals surface area contributed by atoms with Gasteiger partial charge in [0.1, 0.15) is 16.7 Å². The van der Waals surface area contributed by atoms with Crippen LogP contribution in [-0.2, 0) is 4.74 Å². The van der Waals surface area contributed by atoms with Crippen LogP contribution in [0.3, 0.4) is 0 Å². The molecule has 0 aliphatic carbocycles. The fourth-order valence-electron chi connectivity index (χ4n) is 0.909. The molecule has 3 nitrogen and oxygen atoms in total. The van der Waals surface area contributed by atoms with E-state index in [4.69, 9.17) is 74.3 Å². The third-order valence-corrected chi connectivity index (χ3v) is 4.05. The number of carbonyl (C=O) groups is 1. The Bertz CT molecular complexity index is 447. The van der Waals surface area contributed by atoms with E-state index in [-0.39, 0.29) is 43.3 Å². The Morgan fingerprint density at radius 1 is 0.889 bits per heavy atom. The summed E-state index contributed by atoms with van der Waals surface area (Å²) in [5, 5.41) is -0.464. The number of carbonyl (C=O) groups excluding carboxylic acids is 1. The molecule has 18 heavy (non-hydrogen) atoms. The Kier molecular flexibility index (Phi) is 6.45. The van der Waals surface area contributed by atoms with E-state index in [1.54, 1.807) is 0 Å². The van der Waals surface area contributed by atoms with Crippen molar-refractivity contribution in [3.8, 4) is 5.75 Å². The van der Waals surface area contributed by atoms with Crippen LogP contribution in [0, 0.1) is 0 Å².